The summed E-state index contributed by atoms with van der Waals surface area (Å²) in [6, 6.07) is 16.8. The van der Waals surface area contributed by atoms with E-state index < -0.39 is 0 Å². The Hall–Kier alpha value is -2.04. The maximum atomic E-state index is 12.4. The molecule has 0 spiro atoms. The molecule has 148 valence electrons. The number of carbonyl (C=O) groups excluding carboxylic acids is 1. The average Bonchev–Trinajstić information content (AvgIpc) is 2.84. The van der Waals surface area contributed by atoms with Gasteiger partial charge in [0, 0.05) is 42.2 Å². The maximum absolute atomic E-state index is 12.4. The molecule has 2 heterocycles. The maximum Gasteiger partial charge on any atom is 0.411 e. The number of benzene rings is 2. The minimum atomic E-state index is -0.388. The molecule has 5 heteroatoms. The van der Waals surface area contributed by atoms with Crippen molar-refractivity contribution in [1.82, 2.24) is 0 Å². The molecule has 2 saturated heterocycles. The van der Waals surface area contributed by atoms with E-state index in [0.29, 0.717) is 29.6 Å². The minimum Gasteiger partial charge on any atom is -0.449 e. The smallest absolute Gasteiger partial charge is 0.411 e. The monoisotopic (exact) mass is 399 g/mol. The summed E-state index contributed by atoms with van der Waals surface area (Å²) < 4.78 is 6.74. The summed E-state index contributed by atoms with van der Waals surface area (Å²) in [5.74, 6) is 0.470. The summed E-state index contributed by atoms with van der Waals surface area (Å²) in [7, 11) is 4.69. The van der Waals surface area contributed by atoms with Gasteiger partial charge in [-0.2, -0.15) is 0 Å². The van der Waals surface area contributed by atoms with Gasteiger partial charge in [0.15, 0.2) is 0 Å². The lowest BCUT2D eigenvalue weighted by atomic mass is 9.90. The van der Waals surface area contributed by atoms with Crippen LogP contribution in [0.5, 0.6) is 0 Å². The van der Waals surface area contributed by atoms with Crippen LogP contribution in [0, 0.1) is 5.92 Å². The van der Waals surface area contributed by atoms with Crippen molar-refractivity contribution in [3.05, 3.63) is 53.6 Å². The number of piperidine rings is 1. The Morgan fingerprint density at radius 2 is 1.82 bits per heavy atom. The predicted molar refractivity (Wildman–Crippen MR) is 114 cm³/mol. The van der Waals surface area contributed by atoms with Crippen molar-refractivity contribution >= 4 is 23.4 Å². The van der Waals surface area contributed by atoms with Gasteiger partial charge in [-0.25, -0.2) is 4.79 Å². The SMILES string of the molecule is C[N+]1(C)C2CCC1CC(COC(=O)Nc1ccccc1-c1cccc(Cl)c1)C2. The van der Waals surface area contributed by atoms with E-state index in [2.05, 4.69) is 19.4 Å². The lowest BCUT2D eigenvalue weighted by molar-refractivity contribution is -0.931. The molecule has 0 aromatic heterocycles. The van der Waals surface area contributed by atoms with Crippen LogP contribution in [0.1, 0.15) is 25.7 Å². The third-order valence-electron chi connectivity index (χ3n) is 6.68. The molecular weight excluding hydrogens is 372 g/mol. The first-order chi connectivity index (χ1) is 13.4. The Kier molecular flexibility index (Phi) is 5.35. The highest BCUT2D eigenvalue weighted by Crippen LogP contribution is 2.42. The molecule has 2 fully saturated rings. The van der Waals surface area contributed by atoms with Crippen LogP contribution < -0.4 is 5.32 Å². The molecule has 0 radical (unpaired) electrons. The number of anilines is 1. The molecule has 2 bridgehead atoms. The van der Waals surface area contributed by atoms with Crippen LogP contribution in [0.25, 0.3) is 11.1 Å². The van der Waals surface area contributed by atoms with Gasteiger partial charge in [-0.3, -0.25) is 5.32 Å². The van der Waals surface area contributed by atoms with Gasteiger partial charge in [0.1, 0.15) is 0 Å². The minimum absolute atomic E-state index is 0.388. The number of fused-ring (bicyclic) bond motifs is 2. The van der Waals surface area contributed by atoms with Gasteiger partial charge in [-0.05, 0) is 23.8 Å². The largest absolute Gasteiger partial charge is 0.449 e. The zero-order chi connectivity index (χ0) is 19.7. The molecule has 1 N–H and O–H groups in total. The fraction of sp³-hybridized carbons (Fsp3) is 0.435. The van der Waals surface area contributed by atoms with E-state index >= 15 is 0 Å². The lowest BCUT2D eigenvalue weighted by Gasteiger charge is -2.44. The van der Waals surface area contributed by atoms with Crippen molar-refractivity contribution in [1.29, 1.82) is 0 Å². The number of nitrogens with one attached hydrogen (secondary N) is 1. The van der Waals surface area contributed by atoms with Crippen molar-refractivity contribution in [2.75, 3.05) is 26.0 Å². The van der Waals surface area contributed by atoms with E-state index in [9.17, 15) is 4.79 Å². The molecule has 4 nitrogen and oxygen atoms in total. The number of amides is 1. The number of rotatable bonds is 4. The summed E-state index contributed by atoms with van der Waals surface area (Å²) in [5, 5.41) is 3.58. The zero-order valence-electron chi connectivity index (χ0n) is 16.5. The molecule has 2 unspecified atom stereocenters. The molecular formula is C23H28ClN2O2+. The van der Waals surface area contributed by atoms with Crippen molar-refractivity contribution in [3.8, 4) is 11.1 Å². The Morgan fingerprint density at radius 1 is 1.11 bits per heavy atom. The highest BCUT2D eigenvalue weighted by Gasteiger charge is 2.48. The molecule has 2 aromatic carbocycles. The van der Waals surface area contributed by atoms with E-state index in [1.807, 2.05) is 48.5 Å². The van der Waals surface area contributed by atoms with E-state index in [1.165, 1.54) is 12.8 Å². The Labute approximate surface area is 172 Å². The summed E-state index contributed by atoms with van der Waals surface area (Å²) >= 11 is 6.12. The van der Waals surface area contributed by atoms with Crippen molar-refractivity contribution in [3.63, 3.8) is 0 Å². The molecule has 28 heavy (non-hydrogen) atoms. The van der Waals surface area contributed by atoms with E-state index in [-0.39, 0.29) is 6.09 Å². The zero-order valence-corrected chi connectivity index (χ0v) is 17.3. The summed E-state index contributed by atoms with van der Waals surface area (Å²) in [6.45, 7) is 0.498. The summed E-state index contributed by atoms with van der Waals surface area (Å²) in [4.78, 5) is 12.4. The standard InChI is InChI=1S/C23H27ClN2O2/c1-26(2)19-10-11-20(26)13-16(12-19)15-28-23(27)25-22-9-4-3-8-21(22)17-6-5-7-18(24)14-17/h3-9,14,16,19-20H,10-13,15H2,1-2H3/p+1. The number of hydrogen-bond acceptors (Lipinski definition) is 2. The first-order valence-corrected chi connectivity index (χ1v) is 10.4. The topological polar surface area (TPSA) is 38.3 Å². The van der Waals surface area contributed by atoms with Crippen LogP contribution in [-0.4, -0.2) is 43.4 Å². The molecule has 4 rings (SSSR count). The van der Waals surface area contributed by atoms with Gasteiger partial charge >= 0.3 is 6.09 Å². The second-order valence-corrected chi connectivity index (χ2v) is 9.07. The van der Waals surface area contributed by atoms with Gasteiger partial charge < -0.3 is 9.22 Å². The van der Waals surface area contributed by atoms with Crippen LogP contribution >= 0.6 is 11.6 Å². The number of para-hydroxylation sites is 1. The normalized spacial score (nSPS) is 25.3. The molecule has 1 amide bonds. The second-order valence-electron chi connectivity index (χ2n) is 8.63. The summed E-state index contributed by atoms with van der Waals surface area (Å²) in [6.07, 6.45) is 4.51. The first kappa shape index (κ1) is 19.3. The lowest BCUT2D eigenvalue weighted by Crippen LogP contribution is -2.55. The van der Waals surface area contributed by atoms with Gasteiger partial charge in [0.2, 0.25) is 0 Å². The Bertz CT molecular complexity index is 851. The first-order valence-electron chi connectivity index (χ1n) is 10.1. The third-order valence-corrected chi connectivity index (χ3v) is 6.91. The number of carbonyl (C=O) groups is 1. The number of hydrogen-bond donors (Lipinski definition) is 1. The molecule has 2 aliphatic heterocycles. The summed E-state index contributed by atoms with van der Waals surface area (Å²) in [5.41, 5.74) is 2.63. The Morgan fingerprint density at radius 3 is 2.54 bits per heavy atom. The number of quaternary nitrogens is 1. The van der Waals surface area contributed by atoms with Crippen LogP contribution in [0.3, 0.4) is 0 Å². The highest BCUT2D eigenvalue weighted by atomic mass is 35.5. The van der Waals surface area contributed by atoms with Crippen molar-refractivity contribution in [2.24, 2.45) is 5.92 Å². The van der Waals surface area contributed by atoms with Crippen molar-refractivity contribution < 1.29 is 14.0 Å². The van der Waals surface area contributed by atoms with E-state index in [0.717, 1.165) is 34.1 Å². The fourth-order valence-electron chi connectivity index (χ4n) is 4.97. The molecule has 0 aliphatic carbocycles. The van der Waals surface area contributed by atoms with Crippen LogP contribution in [-0.2, 0) is 4.74 Å². The molecule has 0 saturated carbocycles. The highest BCUT2D eigenvalue weighted by molar-refractivity contribution is 6.30. The quantitative estimate of drug-likeness (QED) is 0.682. The van der Waals surface area contributed by atoms with Gasteiger partial charge in [-0.1, -0.05) is 41.9 Å². The number of ether oxygens (including phenoxy) is 1. The predicted octanol–water partition coefficient (Wildman–Crippen LogP) is 5.57. The molecule has 2 aliphatic rings. The molecule has 2 atom stereocenters. The van der Waals surface area contributed by atoms with Crippen LogP contribution in [0.15, 0.2) is 48.5 Å². The van der Waals surface area contributed by atoms with Gasteiger partial charge in [0.25, 0.3) is 0 Å². The molecule has 2 aromatic rings. The van der Waals surface area contributed by atoms with Crippen LogP contribution in [0.2, 0.25) is 5.02 Å². The van der Waals surface area contributed by atoms with Crippen molar-refractivity contribution in [2.45, 2.75) is 37.8 Å². The third kappa shape index (κ3) is 3.89. The Balaban J connectivity index is 1.38. The fourth-order valence-corrected chi connectivity index (χ4v) is 5.16. The number of halogens is 1. The average molecular weight is 400 g/mol. The van der Waals surface area contributed by atoms with Gasteiger partial charge in [-0.15, -0.1) is 0 Å². The van der Waals surface area contributed by atoms with Crippen LogP contribution in [0.4, 0.5) is 10.5 Å². The number of nitrogens with zero attached hydrogens (tertiary/aromatic N) is 1. The van der Waals surface area contributed by atoms with E-state index in [1.54, 1.807) is 0 Å². The van der Waals surface area contributed by atoms with Gasteiger partial charge in [0.05, 0.1) is 38.5 Å². The second kappa shape index (κ2) is 7.76. The van der Waals surface area contributed by atoms with E-state index in [4.69, 9.17) is 16.3 Å².